The fraction of sp³-hybridized carbons (Fsp3) is 0.217. The van der Waals surface area contributed by atoms with Crippen LogP contribution >= 0.6 is 11.3 Å². The first-order chi connectivity index (χ1) is 14.4. The highest BCUT2D eigenvalue weighted by molar-refractivity contribution is 7.13. The molecule has 0 bridgehead atoms. The Bertz CT molecular complexity index is 1130. The van der Waals surface area contributed by atoms with Crippen molar-refractivity contribution in [2.75, 3.05) is 10.6 Å². The summed E-state index contributed by atoms with van der Waals surface area (Å²) in [5, 5.41) is 15.5. The van der Waals surface area contributed by atoms with Gasteiger partial charge in [-0.1, -0.05) is 26.0 Å². The molecule has 0 atom stereocenters. The number of nitrogens with one attached hydrogen (secondary N) is 2. The molecule has 0 radical (unpaired) electrons. The number of aromatic nitrogens is 1. The molecular weight excluding hydrogens is 396 g/mol. The van der Waals surface area contributed by atoms with Crippen LogP contribution in [0.5, 0.6) is 0 Å². The fourth-order valence-corrected chi connectivity index (χ4v) is 4.07. The molecule has 2 N–H and O–H groups in total. The van der Waals surface area contributed by atoms with E-state index in [4.69, 9.17) is 5.26 Å². The summed E-state index contributed by atoms with van der Waals surface area (Å²) in [4.78, 5) is 30.3. The van der Waals surface area contributed by atoms with E-state index >= 15 is 0 Å². The number of thiazole rings is 1. The first kappa shape index (κ1) is 21.2. The number of rotatable bonds is 6. The number of carbonyl (C=O) groups excluding carboxylic acids is 2. The van der Waals surface area contributed by atoms with E-state index in [9.17, 15) is 9.59 Å². The molecule has 0 spiro atoms. The Kier molecular flexibility index (Phi) is 6.60. The lowest BCUT2D eigenvalue weighted by molar-refractivity contribution is 0.101. The molecule has 3 rings (SSSR count). The molecule has 2 amide bonds. The van der Waals surface area contributed by atoms with E-state index < -0.39 is 0 Å². The van der Waals surface area contributed by atoms with Gasteiger partial charge in [0.05, 0.1) is 22.3 Å². The summed E-state index contributed by atoms with van der Waals surface area (Å²) in [7, 11) is 0. The van der Waals surface area contributed by atoms with E-state index in [1.165, 1.54) is 11.3 Å². The van der Waals surface area contributed by atoms with E-state index in [1.54, 1.807) is 48.5 Å². The molecule has 3 aromatic rings. The smallest absolute Gasteiger partial charge is 0.267 e. The largest absolute Gasteiger partial charge is 0.322 e. The van der Waals surface area contributed by atoms with Crippen LogP contribution in [0.4, 0.5) is 11.4 Å². The van der Waals surface area contributed by atoms with Crippen LogP contribution in [0.2, 0.25) is 0 Å². The summed E-state index contributed by atoms with van der Waals surface area (Å²) in [5.74, 6) is -0.0934. The normalized spacial score (nSPS) is 10.5. The minimum absolute atomic E-state index is 0.237. The van der Waals surface area contributed by atoms with E-state index in [0.717, 1.165) is 11.4 Å². The molecule has 7 heteroatoms. The molecule has 0 saturated heterocycles. The topological polar surface area (TPSA) is 94.9 Å². The van der Waals surface area contributed by atoms with Gasteiger partial charge in [-0.05, 0) is 49.2 Å². The Labute approximate surface area is 179 Å². The first-order valence-corrected chi connectivity index (χ1v) is 10.4. The van der Waals surface area contributed by atoms with Crippen LogP contribution in [0.3, 0.4) is 0 Å². The third-order valence-corrected chi connectivity index (χ3v) is 5.44. The van der Waals surface area contributed by atoms with Crippen molar-refractivity contribution in [3.05, 3.63) is 75.2 Å². The molecule has 0 saturated carbocycles. The van der Waals surface area contributed by atoms with Gasteiger partial charge in [-0.15, -0.1) is 11.3 Å². The van der Waals surface area contributed by atoms with Crippen LogP contribution < -0.4 is 10.6 Å². The van der Waals surface area contributed by atoms with E-state index in [-0.39, 0.29) is 11.8 Å². The molecule has 0 aliphatic carbocycles. The Balaban J connectivity index is 1.72. The third-order valence-electron chi connectivity index (χ3n) is 4.26. The van der Waals surface area contributed by atoms with Crippen LogP contribution in [0.15, 0.2) is 48.5 Å². The van der Waals surface area contributed by atoms with Gasteiger partial charge in [0.2, 0.25) is 0 Å². The minimum Gasteiger partial charge on any atom is -0.322 e. The molecule has 30 heavy (non-hydrogen) atoms. The molecule has 152 valence electrons. The lowest BCUT2D eigenvalue weighted by Crippen LogP contribution is -2.14. The third kappa shape index (κ3) is 5.31. The van der Waals surface area contributed by atoms with Crippen LogP contribution in [0.1, 0.15) is 50.1 Å². The highest BCUT2D eigenvalue weighted by atomic mass is 32.1. The average molecular weight is 419 g/mol. The summed E-state index contributed by atoms with van der Waals surface area (Å²) < 4.78 is 0. The number of nitriles is 1. The predicted octanol–water partition coefficient (Wildman–Crippen LogP) is 5.03. The summed E-state index contributed by atoms with van der Waals surface area (Å²) in [6.45, 7) is 6.06. The van der Waals surface area contributed by atoms with Gasteiger partial charge in [-0.3, -0.25) is 9.59 Å². The lowest BCUT2D eigenvalue weighted by Gasteiger charge is -2.08. The Morgan fingerprint density at radius 2 is 1.73 bits per heavy atom. The number of amides is 2. The molecule has 0 aliphatic rings. The number of nitrogens with zero attached hydrogens (tertiary/aromatic N) is 2. The van der Waals surface area contributed by atoms with Crippen molar-refractivity contribution in [3.8, 4) is 6.07 Å². The quantitative estimate of drug-likeness (QED) is 0.587. The Morgan fingerprint density at radius 1 is 1.07 bits per heavy atom. The molecule has 6 nitrogen and oxygen atoms in total. The van der Waals surface area contributed by atoms with Gasteiger partial charge in [0, 0.05) is 23.4 Å². The first-order valence-electron chi connectivity index (χ1n) is 9.55. The predicted molar refractivity (Wildman–Crippen MR) is 119 cm³/mol. The second kappa shape index (κ2) is 9.33. The average Bonchev–Trinajstić information content (AvgIpc) is 3.07. The van der Waals surface area contributed by atoms with Crippen molar-refractivity contribution in [1.29, 1.82) is 5.26 Å². The van der Waals surface area contributed by atoms with Gasteiger partial charge in [0.25, 0.3) is 11.8 Å². The standard InChI is InChI=1S/C23H22N4O2S/c1-14(2)10-20-25-15(3)21(30-20)23(29)27-19-9-5-7-17(12-19)22(28)26-18-8-4-6-16(11-18)13-24/h4-9,11-12,14H,10H2,1-3H3,(H,26,28)(H,27,29). The second-order valence-corrected chi connectivity index (χ2v) is 8.39. The van der Waals surface area contributed by atoms with E-state index in [0.29, 0.717) is 39.0 Å². The number of benzene rings is 2. The van der Waals surface area contributed by atoms with E-state index in [1.807, 2.05) is 13.0 Å². The van der Waals surface area contributed by atoms with E-state index in [2.05, 4.69) is 29.5 Å². The zero-order valence-electron chi connectivity index (χ0n) is 17.0. The maximum absolute atomic E-state index is 12.7. The molecule has 2 aromatic carbocycles. The summed E-state index contributed by atoms with van der Waals surface area (Å²) in [6, 6.07) is 15.4. The maximum Gasteiger partial charge on any atom is 0.267 e. The van der Waals surface area contributed by atoms with Gasteiger partial charge in [0.1, 0.15) is 4.88 Å². The molecule has 1 heterocycles. The van der Waals surface area contributed by atoms with Gasteiger partial charge < -0.3 is 10.6 Å². The highest BCUT2D eigenvalue weighted by Gasteiger charge is 2.17. The summed E-state index contributed by atoms with van der Waals surface area (Å²) in [6.07, 6.45) is 0.835. The summed E-state index contributed by atoms with van der Waals surface area (Å²) in [5.41, 5.74) is 2.63. The highest BCUT2D eigenvalue weighted by Crippen LogP contribution is 2.22. The van der Waals surface area contributed by atoms with Crippen LogP contribution in [-0.2, 0) is 6.42 Å². The monoisotopic (exact) mass is 418 g/mol. The summed E-state index contributed by atoms with van der Waals surface area (Å²) >= 11 is 1.40. The zero-order chi connectivity index (χ0) is 21.7. The van der Waals surface area contributed by atoms with Crippen molar-refractivity contribution in [2.24, 2.45) is 5.92 Å². The van der Waals surface area contributed by atoms with Crippen molar-refractivity contribution in [1.82, 2.24) is 4.98 Å². The Hall–Kier alpha value is -3.50. The number of aryl methyl sites for hydroxylation is 1. The Morgan fingerprint density at radius 3 is 2.43 bits per heavy atom. The molecule has 0 fully saturated rings. The van der Waals surface area contributed by atoms with Crippen molar-refractivity contribution in [2.45, 2.75) is 27.2 Å². The number of hydrogen-bond acceptors (Lipinski definition) is 5. The van der Waals surface area contributed by atoms with Crippen molar-refractivity contribution in [3.63, 3.8) is 0 Å². The second-order valence-electron chi connectivity index (χ2n) is 7.30. The van der Waals surface area contributed by atoms with Crippen molar-refractivity contribution < 1.29 is 9.59 Å². The lowest BCUT2D eigenvalue weighted by atomic mass is 10.1. The number of carbonyl (C=O) groups is 2. The molecule has 1 aromatic heterocycles. The van der Waals surface area contributed by atoms with Gasteiger partial charge in [-0.2, -0.15) is 5.26 Å². The van der Waals surface area contributed by atoms with Gasteiger partial charge >= 0.3 is 0 Å². The fourth-order valence-electron chi connectivity index (χ4n) is 2.90. The van der Waals surface area contributed by atoms with Crippen LogP contribution in [-0.4, -0.2) is 16.8 Å². The van der Waals surface area contributed by atoms with Gasteiger partial charge in [0.15, 0.2) is 0 Å². The molecular formula is C23H22N4O2S. The minimum atomic E-state index is -0.325. The van der Waals surface area contributed by atoms with Gasteiger partial charge in [-0.25, -0.2) is 4.98 Å². The molecule has 0 unspecified atom stereocenters. The number of anilines is 2. The van der Waals surface area contributed by atoms with Crippen LogP contribution in [0, 0.1) is 24.2 Å². The zero-order valence-corrected chi connectivity index (χ0v) is 17.8. The SMILES string of the molecule is Cc1nc(CC(C)C)sc1C(=O)Nc1cccc(C(=O)Nc2cccc(C#N)c2)c1. The van der Waals surface area contributed by atoms with Crippen LogP contribution in [0.25, 0.3) is 0 Å². The maximum atomic E-state index is 12.7. The van der Waals surface area contributed by atoms with Crippen molar-refractivity contribution >= 4 is 34.5 Å². The number of hydrogen-bond donors (Lipinski definition) is 2. The molecule has 0 aliphatic heterocycles.